The SMILES string of the molecule is CCC1OC1C(C)Cc1cc(C)cc(C)c1. The summed E-state index contributed by atoms with van der Waals surface area (Å²) >= 11 is 0. The molecule has 0 radical (unpaired) electrons. The predicted octanol–water partition coefficient (Wildman–Crippen LogP) is 3.66. The van der Waals surface area contributed by atoms with Gasteiger partial charge in [0.15, 0.2) is 0 Å². The molecule has 1 saturated heterocycles. The summed E-state index contributed by atoms with van der Waals surface area (Å²) in [5.74, 6) is 0.645. The van der Waals surface area contributed by atoms with Crippen LogP contribution < -0.4 is 0 Å². The van der Waals surface area contributed by atoms with Crippen LogP contribution in [0.5, 0.6) is 0 Å². The summed E-state index contributed by atoms with van der Waals surface area (Å²) in [5.41, 5.74) is 4.19. The van der Waals surface area contributed by atoms with Crippen molar-refractivity contribution in [2.75, 3.05) is 0 Å². The number of rotatable bonds is 4. The molecule has 1 nitrogen and oxygen atoms in total. The van der Waals surface area contributed by atoms with Crippen LogP contribution in [0.25, 0.3) is 0 Å². The Kier molecular flexibility index (Phi) is 3.34. The zero-order valence-corrected chi connectivity index (χ0v) is 10.8. The van der Waals surface area contributed by atoms with Gasteiger partial charge in [0.05, 0.1) is 12.2 Å². The summed E-state index contributed by atoms with van der Waals surface area (Å²) in [4.78, 5) is 0. The van der Waals surface area contributed by atoms with Crippen LogP contribution in [-0.4, -0.2) is 12.2 Å². The van der Waals surface area contributed by atoms with Crippen molar-refractivity contribution >= 4 is 0 Å². The van der Waals surface area contributed by atoms with E-state index >= 15 is 0 Å². The molecule has 2 rings (SSSR count). The van der Waals surface area contributed by atoms with E-state index in [1.807, 2.05) is 0 Å². The average Bonchev–Trinajstić information content (AvgIpc) is 2.94. The maximum Gasteiger partial charge on any atom is 0.0870 e. The lowest BCUT2D eigenvalue weighted by atomic mass is 9.94. The highest BCUT2D eigenvalue weighted by atomic mass is 16.6. The molecule has 0 spiro atoms. The third kappa shape index (κ3) is 2.65. The van der Waals surface area contributed by atoms with Crippen LogP contribution in [0.3, 0.4) is 0 Å². The van der Waals surface area contributed by atoms with Crippen LogP contribution in [0.1, 0.15) is 37.0 Å². The molecular formula is C15H22O. The highest BCUT2D eigenvalue weighted by molar-refractivity contribution is 5.29. The number of hydrogen-bond donors (Lipinski definition) is 0. The van der Waals surface area contributed by atoms with Crippen LogP contribution in [-0.2, 0) is 11.2 Å². The molecule has 88 valence electrons. The molecule has 1 heteroatoms. The number of benzene rings is 1. The molecule has 1 heterocycles. The second-order valence-electron chi connectivity index (χ2n) is 5.22. The molecule has 1 aromatic rings. The second kappa shape index (κ2) is 4.58. The molecular weight excluding hydrogens is 196 g/mol. The van der Waals surface area contributed by atoms with Gasteiger partial charge < -0.3 is 4.74 Å². The van der Waals surface area contributed by atoms with Gasteiger partial charge in [-0.2, -0.15) is 0 Å². The molecule has 1 aromatic carbocycles. The Morgan fingerprint density at radius 2 is 1.81 bits per heavy atom. The molecule has 0 aromatic heterocycles. The van der Waals surface area contributed by atoms with E-state index in [9.17, 15) is 0 Å². The first-order valence-corrected chi connectivity index (χ1v) is 6.32. The van der Waals surface area contributed by atoms with Crippen LogP contribution in [0.4, 0.5) is 0 Å². The average molecular weight is 218 g/mol. The maximum atomic E-state index is 5.66. The number of epoxide rings is 1. The summed E-state index contributed by atoms with van der Waals surface area (Å²) < 4.78 is 5.66. The third-order valence-electron chi connectivity index (χ3n) is 3.42. The minimum Gasteiger partial charge on any atom is -0.369 e. The smallest absolute Gasteiger partial charge is 0.0870 e. The highest BCUT2D eigenvalue weighted by Crippen LogP contribution is 2.33. The summed E-state index contributed by atoms with van der Waals surface area (Å²) in [5, 5.41) is 0. The zero-order valence-electron chi connectivity index (χ0n) is 10.8. The number of hydrogen-bond acceptors (Lipinski definition) is 1. The Hall–Kier alpha value is -0.820. The van der Waals surface area contributed by atoms with Crippen LogP contribution in [0, 0.1) is 19.8 Å². The van der Waals surface area contributed by atoms with Gasteiger partial charge in [-0.05, 0) is 38.2 Å². The summed E-state index contributed by atoms with van der Waals surface area (Å²) in [6, 6.07) is 6.83. The Morgan fingerprint density at radius 1 is 1.19 bits per heavy atom. The highest BCUT2D eigenvalue weighted by Gasteiger charge is 2.40. The van der Waals surface area contributed by atoms with Gasteiger partial charge in [-0.25, -0.2) is 0 Å². The first kappa shape index (κ1) is 11.7. The van der Waals surface area contributed by atoms with Crippen molar-refractivity contribution in [3.63, 3.8) is 0 Å². The Morgan fingerprint density at radius 3 is 2.31 bits per heavy atom. The molecule has 0 amide bonds. The molecule has 3 unspecified atom stereocenters. The first-order chi connectivity index (χ1) is 7.60. The van der Waals surface area contributed by atoms with Gasteiger partial charge in [0.1, 0.15) is 0 Å². The standard InChI is InChI=1S/C15H22O/c1-5-14-15(16-14)12(4)9-13-7-10(2)6-11(3)8-13/h6-8,12,14-15H,5,9H2,1-4H3. The molecule has 0 saturated carbocycles. The quantitative estimate of drug-likeness (QED) is 0.703. The largest absolute Gasteiger partial charge is 0.369 e. The molecule has 0 N–H and O–H groups in total. The van der Waals surface area contributed by atoms with E-state index < -0.39 is 0 Å². The Bertz CT molecular complexity index is 349. The number of aryl methyl sites for hydroxylation is 2. The van der Waals surface area contributed by atoms with Crippen molar-refractivity contribution in [3.05, 3.63) is 34.9 Å². The van der Waals surface area contributed by atoms with Gasteiger partial charge in [0, 0.05) is 0 Å². The van der Waals surface area contributed by atoms with E-state index in [2.05, 4.69) is 45.9 Å². The van der Waals surface area contributed by atoms with Crippen LogP contribution in [0.2, 0.25) is 0 Å². The fourth-order valence-corrected chi connectivity index (χ4v) is 2.66. The van der Waals surface area contributed by atoms with Crippen molar-refractivity contribution in [2.24, 2.45) is 5.92 Å². The van der Waals surface area contributed by atoms with Gasteiger partial charge >= 0.3 is 0 Å². The van der Waals surface area contributed by atoms with Gasteiger partial charge in [-0.3, -0.25) is 0 Å². The molecule has 1 fully saturated rings. The molecule has 0 aliphatic carbocycles. The van der Waals surface area contributed by atoms with Crippen molar-refractivity contribution in [1.29, 1.82) is 0 Å². The summed E-state index contributed by atoms with van der Waals surface area (Å²) in [6.07, 6.45) is 3.33. The van der Waals surface area contributed by atoms with E-state index in [-0.39, 0.29) is 0 Å². The van der Waals surface area contributed by atoms with Crippen LogP contribution in [0.15, 0.2) is 18.2 Å². The lowest BCUT2D eigenvalue weighted by molar-refractivity contribution is 0.322. The third-order valence-corrected chi connectivity index (χ3v) is 3.42. The Labute approximate surface area is 98.8 Å². The first-order valence-electron chi connectivity index (χ1n) is 6.32. The lowest BCUT2D eigenvalue weighted by Crippen LogP contribution is -2.10. The summed E-state index contributed by atoms with van der Waals surface area (Å²) in [6.45, 7) is 8.85. The monoisotopic (exact) mass is 218 g/mol. The fraction of sp³-hybridized carbons (Fsp3) is 0.600. The molecule has 1 aliphatic heterocycles. The van der Waals surface area contributed by atoms with Crippen molar-refractivity contribution < 1.29 is 4.74 Å². The van der Waals surface area contributed by atoms with Crippen LogP contribution >= 0.6 is 0 Å². The van der Waals surface area contributed by atoms with Crippen molar-refractivity contribution in [2.45, 2.75) is 52.7 Å². The van der Waals surface area contributed by atoms with Gasteiger partial charge in [-0.15, -0.1) is 0 Å². The molecule has 0 bridgehead atoms. The molecule has 1 aliphatic rings. The normalized spacial score (nSPS) is 25.5. The lowest BCUT2D eigenvalue weighted by Gasteiger charge is -2.10. The van der Waals surface area contributed by atoms with Crippen molar-refractivity contribution in [3.8, 4) is 0 Å². The maximum absolute atomic E-state index is 5.66. The topological polar surface area (TPSA) is 12.5 Å². The minimum atomic E-state index is 0.505. The van der Waals surface area contributed by atoms with Crippen molar-refractivity contribution in [1.82, 2.24) is 0 Å². The zero-order chi connectivity index (χ0) is 11.7. The van der Waals surface area contributed by atoms with Gasteiger partial charge in [0.2, 0.25) is 0 Å². The van der Waals surface area contributed by atoms with E-state index in [0.29, 0.717) is 18.1 Å². The molecule has 16 heavy (non-hydrogen) atoms. The minimum absolute atomic E-state index is 0.505. The molecule has 3 atom stereocenters. The Balaban J connectivity index is 1.98. The second-order valence-corrected chi connectivity index (χ2v) is 5.22. The fourth-order valence-electron chi connectivity index (χ4n) is 2.66. The van der Waals surface area contributed by atoms with E-state index in [1.165, 1.54) is 16.7 Å². The number of ether oxygens (including phenoxy) is 1. The van der Waals surface area contributed by atoms with E-state index in [4.69, 9.17) is 4.74 Å². The summed E-state index contributed by atoms with van der Waals surface area (Å²) in [7, 11) is 0. The van der Waals surface area contributed by atoms with E-state index in [1.54, 1.807) is 0 Å². The van der Waals surface area contributed by atoms with E-state index in [0.717, 1.165) is 12.8 Å². The van der Waals surface area contributed by atoms with Gasteiger partial charge in [0.25, 0.3) is 0 Å². The predicted molar refractivity (Wildman–Crippen MR) is 67.7 cm³/mol. The van der Waals surface area contributed by atoms with Gasteiger partial charge in [-0.1, -0.05) is 43.2 Å².